The highest BCUT2D eigenvalue weighted by molar-refractivity contribution is 6.32. The largest absolute Gasteiger partial charge is 0.478 e. The molecule has 20 heavy (non-hydrogen) atoms. The van der Waals surface area contributed by atoms with E-state index in [-0.39, 0.29) is 0 Å². The maximum atomic E-state index is 11.4. The number of halogens is 1. The second kappa shape index (κ2) is 4.21. The number of H-pyrrole nitrogens is 2. The topological polar surface area (TPSA) is 103 Å². The Labute approximate surface area is 115 Å². The van der Waals surface area contributed by atoms with Crippen LogP contribution in [-0.4, -0.2) is 21.0 Å². The molecule has 3 rings (SSSR count). The fourth-order valence-corrected chi connectivity index (χ4v) is 2.43. The van der Waals surface area contributed by atoms with E-state index in [0.29, 0.717) is 31.7 Å². The van der Waals surface area contributed by atoms with E-state index in [1.54, 1.807) is 18.2 Å². The minimum atomic E-state index is -1.12. The van der Waals surface area contributed by atoms with Gasteiger partial charge in [0, 0.05) is 21.9 Å². The lowest BCUT2D eigenvalue weighted by atomic mass is 10.1. The van der Waals surface area contributed by atoms with Crippen molar-refractivity contribution < 1.29 is 9.90 Å². The molecule has 0 aliphatic heterocycles. The van der Waals surface area contributed by atoms with Crippen LogP contribution in [0.1, 0.15) is 5.56 Å². The summed E-state index contributed by atoms with van der Waals surface area (Å²) in [7, 11) is 0. The number of aromatic nitrogens is 2. The normalized spacial score (nSPS) is 12.8. The Morgan fingerprint density at radius 2 is 1.90 bits per heavy atom. The van der Waals surface area contributed by atoms with E-state index in [2.05, 4.69) is 9.97 Å². The first-order chi connectivity index (χ1) is 9.47. The van der Waals surface area contributed by atoms with Crippen LogP contribution >= 0.6 is 11.6 Å². The first-order valence-electron chi connectivity index (χ1n) is 5.59. The molecule has 1 aliphatic carbocycles. The summed E-state index contributed by atoms with van der Waals surface area (Å²) in [5.74, 6) is -1.12. The van der Waals surface area contributed by atoms with Crippen molar-refractivity contribution in [2.24, 2.45) is 0 Å². The molecule has 0 saturated heterocycles. The minimum absolute atomic E-state index is 0.361. The van der Waals surface area contributed by atoms with Crippen LogP contribution in [0.5, 0.6) is 0 Å². The minimum Gasteiger partial charge on any atom is -0.478 e. The number of carboxylic acids is 1. The highest BCUT2D eigenvalue weighted by Gasteiger charge is 2.10. The maximum absolute atomic E-state index is 11.4. The highest BCUT2D eigenvalue weighted by Crippen LogP contribution is 2.17. The van der Waals surface area contributed by atoms with Crippen molar-refractivity contribution in [1.29, 1.82) is 0 Å². The van der Waals surface area contributed by atoms with E-state index >= 15 is 0 Å². The van der Waals surface area contributed by atoms with Crippen LogP contribution < -0.4 is 21.7 Å². The van der Waals surface area contributed by atoms with Crippen molar-refractivity contribution in [3.8, 4) is 0 Å². The number of carbonyl (C=O) groups is 1. The maximum Gasteiger partial charge on any atom is 0.328 e. The Bertz CT molecular complexity index is 1080. The number of rotatable bonds is 1. The van der Waals surface area contributed by atoms with Crippen LogP contribution in [0.15, 0.2) is 21.7 Å². The van der Waals surface area contributed by atoms with Crippen LogP contribution in [0.25, 0.3) is 12.2 Å². The van der Waals surface area contributed by atoms with Gasteiger partial charge in [0.15, 0.2) is 0 Å². The molecule has 1 aromatic heterocycles. The molecule has 1 heterocycles. The molecule has 0 fully saturated rings. The zero-order valence-corrected chi connectivity index (χ0v) is 10.6. The van der Waals surface area contributed by atoms with Gasteiger partial charge in [-0.2, -0.15) is 0 Å². The molecular weight excluding hydrogens is 284 g/mol. The summed E-state index contributed by atoms with van der Waals surface area (Å²) < 4.78 is 0. The Balaban J connectivity index is 2.71. The third-order valence-electron chi connectivity index (χ3n) is 3.00. The summed E-state index contributed by atoms with van der Waals surface area (Å²) >= 11 is 6.07. The van der Waals surface area contributed by atoms with Crippen molar-refractivity contribution >= 4 is 29.7 Å². The summed E-state index contributed by atoms with van der Waals surface area (Å²) in [6.07, 6.45) is 2.62. The standard InChI is InChI=1S/C13H7ClN2O4/c14-7-2-1-5(3-9(17)18)10-6(7)4-8-11(10)16-13(20)12(19)15-8/h1-4H,(H,15,19)(H,16,20)(H,17,18)/b5-3+. The summed E-state index contributed by atoms with van der Waals surface area (Å²) in [6.45, 7) is 0. The van der Waals surface area contributed by atoms with E-state index in [0.717, 1.165) is 6.08 Å². The van der Waals surface area contributed by atoms with Crippen molar-refractivity contribution in [3.63, 3.8) is 0 Å². The number of hydrogen-bond acceptors (Lipinski definition) is 3. The number of nitrogens with one attached hydrogen (secondary N) is 2. The zero-order valence-electron chi connectivity index (χ0n) is 9.86. The van der Waals surface area contributed by atoms with Gasteiger partial charge in [-0.3, -0.25) is 9.59 Å². The van der Waals surface area contributed by atoms with E-state index in [9.17, 15) is 14.4 Å². The number of fused-ring (bicyclic) bond motifs is 2. The lowest BCUT2D eigenvalue weighted by Gasteiger charge is -1.97. The summed E-state index contributed by atoms with van der Waals surface area (Å²) in [5, 5.41) is 10.9. The Morgan fingerprint density at radius 3 is 2.60 bits per heavy atom. The van der Waals surface area contributed by atoms with Crippen LogP contribution in [0, 0.1) is 10.6 Å². The number of aromatic amines is 2. The first kappa shape index (κ1) is 12.4. The molecule has 6 nitrogen and oxygen atoms in total. The SMILES string of the molecule is O=C(O)/C=c1\ccc(Cl)c2c1=c1[nH]c(=O)c(=O)[nH]c1=C2. The predicted octanol–water partition coefficient (Wildman–Crippen LogP) is -0.989. The van der Waals surface area contributed by atoms with Crippen molar-refractivity contribution in [2.45, 2.75) is 0 Å². The van der Waals surface area contributed by atoms with Gasteiger partial charge in [0.1, 0.15) is 0 Å². The average molecular weight is 291 g/mol. The molecule has 7 heteroatoms. The molecule has 0 radical (unpaired) electrons. The van der Waals surface area contributed by atoms with Gasteiger partial charge in [-0.05, 0) is 17.4 Å². The van der Waals surface area contributed by atoms with Gasteiger partial charge >= 0.3 is 17.1 Å². The van der Waals surface area contributed by atoms with E-state index in [1.165, 1.54) is 0 Å². The van der Waals surface area contributed by atoms with Crippen molar-refractivity contribution in [3.05, 3.63) is 64.6 Å². The molecule has 1 aliphatic rings. The number of aliphatic carboxylic acids is 1. The van der Waals surface area contributed by atoms with Crippen LogP contribution in [0.2, 0.25) is 5.02 Å². The molecule has 0 spiro atoms. The van der Waals surface area contributed by atoms with Gasteiger partial charge in [-0.1, -0.05) is 17.7 Å². The molecule has 3 N–H and O–H groups in total. The molecule has 0 atom stereocenters. The lowest BCUT2D eigenvalue weighted by Crippen LogP contribution is -2.36. The zero-order chi connectivity index (χ0) is 14.4. The summed E-state index contributed by atoms with van der Waals surface area (Å²) in [6, 6.07) is 3.11. The molecular formula is C13H7ClN2O4. The van der Waals surface area contributed by atoms with E-state index in [1.807, 2.05) is 0 Å². The molecule has 0 saturated carbocycles. The third-order valence-corrected chi connectivity index (χ3v) is 3.33. The summed E-state index contributed by atoms with van der Waals surface area (Å²) in [4.78, 5) is 38.5. The van der Waals surface area contributed by atoms with E-state index in [4.69, 9.17) is 16.7 Å². The highest BCUT2D eigenvalue weighted by atomic mass is 35.5. The van der Waals surface area contributed by atoms with Gasteiger partial charge in [-0.15, -0.1) is 0 Å². The fraction of sp³-hybridized carbons (Fsp3) is 0. The fourth-order valence-electron chi connectivity index (χ4n) is 2.21. The Hall–Kier alpha value is -2.60. The third kappa shape index (κ3) is 1.78. The summed E-state index contributed by atoms with van der Waals surface area (Å²) in [5.41, 5.74) is -1.01. The van der Waals surface area contributed by atoms with Crippen molar-refractivity contribution in [2.75, 3.05) is 0 Å². The van der Waals surface area contributed by atoms with Crippen LogP contribution in [0.3, 0.4) is 0 Å². The monoisotopic (exact) mass is 290 g/mol. The van der Waals surface area contributed by atoms with Crippen LogP contribution in [-0.2, 0) is 4.79 Å². The number of benzene rings is 1. The smallest absolute Gasteiger partial charge is 0.328 e. The number of hydrogen-bond donors (Lipinski definition) is 3. The molecule has 2 aromatic rings. The van der Waals surface area contributed by atoms with Crippen molar-refractivity contribution in [1.82, 2.24) is 9.97 Å². The predicted molar refractivity (Wildman–Crippen MR) is 71.7 cm³/mol. The Morgan fingerprint density at radius 1 is 1.20 bits per heavy atom. The molecule has 0 unspecified atom stereocenters. The van der Waals surface area contributed by atoms with Gasteiger partial charge in [0.05, 0.1) is 10.7 Å². The second-order valence-electron chi connectivity index (χ2n) is 4.25. The molecule has 0 bridgehead atoms. The Kier molecular flexibility index (Phi) is 2.62. The second-order valence-corrected chi connectivity index (χ2v) is 4.66. The molecule has 100 valence electrons. The lowest BCUT2D eigenvalue weighted by molar-refractivity contribution is -0.129. The van der Waals surface area contributed by atoms with E-state index < -0.39 is 17.1 Å². The van der Waals surface area contributed by atoms with Gasteiger partial charge in [0.2, 0.25) is 0 Å². The van der Waals surface area contributed by atoms with Gasteiger partial charge in [-0.25, -0.2) is 4.79 Å². The quantitative estimate of drug-likeness (QED) is 0.501. The number of carboxylic acid groups (broad SMARTS) is 1. The van der Waals surface area contributed by atoms with Crippen LogP contribution in [0.4, 0.5) is 0 Å². The molecule has 0 amide bonds. The van der Waals surface area contributed by atoms with Gasteiger partial charge in [0.25, 0.3) is 0 Å². The first-order valence-corrected chi connectivity index (χ1v) is 5.97. The molecule has 1 aromatic carbocycles. The van der Waals surface area contributed by atoms with Gasteiger partial charge < -0.3 is 15.1 Å². The average Bonchev–Trinajstić information content (AvgIpc) is 2.73.